The number of nitrogens with zero attached hydrogens (tertiary/aromatic N) is 3. The highest BCUT2D eigenvalue weighted by Gasteiger charge is 2.14. The normalized spacial score (nSPS) is 13.0. The summed E-state index contributed by atoms with van der Waals surface area (Å²) in [5, 5.41) is 12.4. The number of rotatable bonds is 5. The van der Waals surface area contributed by atoms with E-state index in [0.29, 0.717) is 16.6 Å². The molecule has 2 aromatic rings. The summed E-state index contributed by atoms with van der Waals surface area (Å²) in [6.45, 7) is 6.85. The van der Waals surface area contributed by atoms with Crippen molar-refractivity contribution in [2.45, 2.75) is 39.8 Å². The van der Waals surface area contributed by atoms with Crippen LogP contribution in [0.4, 0.5) is 0 Å². The van der Waals surface area contributed by atoms with E-state index in [2.05, 4.69) is 34.6 Å². The number of benzene rings is 1. The van der Waals surface area contributed by atoms with E-state index in [1.165, 1.54) is 11.3 Å². The molecule has 2 rings (SSSR count). The van der Waals surface area contributed by atoms with Gasteiger partial charge in [-0.15, -0.1) is 0 Å². The Hall–Kier alpha value is -1.72. The SMILES string of the molecule is CN=C(NCc1ccc(Cl)cc1Cl)NC(C)Cc1c(C)nn(C)c1C. The zero-order valence-corrected chi connectivity index (χ0v) is 16.8. The first-order chi connectivity index (χ1) is 11.8. The molecule has 136 valence electrons. The molecule has 2 N–H and O–H groups in total. The van der Waals surface area contributed by atoms with E-state index in [1.807, 2.05) is 30.8 Å². The third kappa shape index (κ3) is 5.13. The summed E-state index contributed by atoms with van der Waals surface area (Å²) in [7, 11) is 3.73. The Morgan fingerprint density at radius 2 is 2.04 bits per heavy atom. The molecular formula is C18H25Cl2N5. The van der Waals surface area contributed by atoms with Crippen molar-refractivity contribution in [1.82, 2.24) is 20.4 Å². The molecule has 0 saturated heterocycles. The van der Waals surface area contributed by atoms with Crippen molar-refractivity contribution in [2.75, 3.05) is 7.05 Å². The minimum Gasteiger partial charge on any atom is -0.354 e. The molecule has 0 radical (unpaired) electrons. The van der Waals surface area contributed by atoms with Gasteiger partial charge in [0.15, 0.2) is 5.96 Å². The van der Waals surface area contributed by atoms with Crippen molar-refractivity contribution in [3.8, 4) is 0 Å². The maximum Gasteiger partial charge on any atom is 0.191 e. The summed E-state index contributed by atoms with van der Waals surface area (Å²) >= 11 is 12.1. The van der Waals surface area contributed by atoms with Gasteiger partial charge in [-0.3, -0.25) is 9.67 Å². The molecule has 1 atom stereocenters. The van der Waals surface area contributed by atoms with Gasteiger partial charge in [0.2, 0.25) is 0 Å². The van der Waals surface area contributed by atoms with E-state index >= 15 is 0 Å². The van der Waals surface area contributed by atoms with Gasteiger partial charge in [-0.2, -0.15) is 5.10 Å². The maximum atomic E-state index is 6.21. The van der Waals surface area contributed by atoms with E-state index in [0.717, 1.165) is 23.6 Å². The second-order valence-electron chi connectivity index (χ2n) is 6.18. The Labute approximate surface area is 159 Å². The zero-order valence-electron chi connectivity index (χ0n) is 15.3. The number of aromatic nitrogens is 2. The van der Waals surface area contributed by atoms with Crippen molar-refractivity contribution in [3.05, 3.63) is 50.8 Å². The predicted molar refractivity (Wildman–Crippen MR) is 106 cm³/mol. The molecule has 0 aliphatic carbocycles. The third-order valence-electron chi connectivity index (χ3n) is 4.24. The van der Waals surface area contributed by atoms with Crippen LogP contribution in [0.3, 0.4) is 0 Å². The average Bonchev–Trinajstić information content (AvgIpc) is 2.79. The summed E-state index contributed by atoms with van der Waals surface area (Å²) in [5.74, 6) is 0.734. The second-order valence-corrected chi connectivity index (χ2v) is 7.03. The van der Waals surface area contributed by atoms with Gasteiger partial charge in [0.1, 0.15) is 0 Å². The van der Waals surface area contributed by atoms with E-state index in [9.17, 15) is 0 Å². The number of hydrogen-bond acceptors (Lipinski definition) is 2. The molecule has 5 nitrogen and oxygen atoms in total. The Balaban J connectivity index is 1.95. The Morgan fingerprint density at radius 3 is 2.60 bits per heavy atom. The standard InChI is InChI=1S/C18H25Cl2N5/c1-11(8-16-12(2)24-25(5)13(16)3)23-18(21-4)22-10-14-6-7-15(19)9-17(14)20/h6-7,9,11H,8,10H2,1-5H3,(H2,21,22,23). The molecule has 1 heterocycles. The van der Waals surface area contributed by atoms with E-state index in [-0.39, 0.29) is 6.04 Å². The molecular weight excluding hydrogens is 357 g/mol. The fourth-order valence-electron chi connectivity index (χ4n) is 2.74. The molecule has 0 spiro atoms. The first-order valence-electron chi connectivity index (χ1n) is 8.22. The van der Waals surface area contributed by atoms with Crippen LogP contribution in [0.15, 0.2) is 23.2 Å². The fraction of sp³-hybridized carbons (Fsp3) is 0.444. The maximum absolute atomic E-state index is 6.21. The number of aryl methyl sites for hydroxylation is 2. The van der Waals surface area contributed by atoms with Crippen LogP contribution < -0.4 is 10.6 Å². The minimum absolute atomic E-state index is 0.216. The molecule has 0 bridgehead atoms. The van der Waals surface area contributed by atoms with Gasteiger partial charge in [-0.05, 0) is 50.5 Å². The van der Waals surface area contributed by atoms with Crippen molar-refractivity contribution in [2.24, 2.45) is 12.0 Å². The van der Waals surface area contributed by atoms with E-state index in [4.69, 9.17) is 23.2 Å². The van der Waals surface area contributed by atoms with Crippen LogP contribution in [-0.4, -0.2) is 28.8 Å². The minimum atomic E-state index is 0.216. The van der Waals surface area contributed by atoms with Gasteiger partial charge >= 0.3 is 0 Å². The van der Waals surface area contributed by atoms with Gasteiger partial charge in [-0.25, -0.2) is 0 Å². The molecule has 0 fully saturated rings. The zero-order chi connectivity index (χ0) is 18.6. The first kappa shape index (κ1) is 19.6. The van der Waals surface area contributed by atoms with Crippen molar-refractivity contribution >= 4 is 29.2 Å². The van der Waals surface area contributed by atoms with Gasteiger partial charge in [0.25, 0.3) is 0 Å². The Kier molecular flexibility index (Phi) is 6.73. The monoisotopic (exact) mass is 381 g/mol. The summed E-state index contributed by atoms with van der Waals surface area (Å²) in [6, 6.07) is 5.70. The summed E-state index contributed by atoms with van der Waals surface area (Å²) in [6.07, 6.45) is 0.883. The Bertz CT molecular complexity index is 767. The third-order valence-corrected chi connectivity index (χ3v) is 4.82. The lowest BCUT2D eigenvalue weighted by Gasteiger charge is -2.18. The van der Waals surface area contributed by atoms with Crippen molar-refractivity contribution in [1.29, 1.82) is 0 Å². The molecule has 0 aliphatic heterocycles. The van der Waals surface area contributed by atoms with Crippen LogP contribution in [0.5, 0.6) is 0 Å². The topological polar surface area (TPSA) is 54.2 Å². The van der Waals surface area contributed by atoms with Crippen LogP contribution >= 0.6 is 23.2 Å². The van der Waals surface area contributed by atoms with Gasteiger partial charge in [0.05, 0.1) is 5.69 Å². The number of nitrogens with one attached hydrogen (secondary N) is 2. The molecule has 1 aromatic heterocycles. The number of aliphatic imine (C=N–C) groups is 1. The van der Waals surface area contributed by atoms with Crippen molar-refractivity contribution in [3.63, 3.8) is 0 Å². The highest BCUT2D eigenvalue weighted by molar-refractivity contribution is 6.35. The molecule has 0 saturated carbocycles. The van der Waals surface area contributed by atoms with Crippen LogP contribution in [-0.2, 0) is 20.0 Å². The number of guanidine groups is 1. The lowest BCUT2D eigenvalue weighted by Crippen LogP contribution is -2.42. The molecule has 0 amide bonds. The highest BCUT2D eigenvalue weighted by atomic mass is 35.5. The predicted octanol–water partition coefficient (Wildman–Crippen LogP) is 3.64. The van der Waals surface area contributed by atoms with Crippen LogP contribution in [0.25, 0.3) is 0 Å². The number of hydrogen-bond donors (Lipinski definition) is 2. The van der Waals surface area contributed by atoms with Gasteiger partial charge in [0, 0.05) is 42.4 Å². The molecule has 1 aromatic carbocycles. The Morgan fingerprint density at radius 1 is 1.32 bits per heavy atom. The van der Waals surface area contributed by atoms with E-state index in [1.54, 1.807) is 13.1 Å². The van der Waals surface area contributed by atoms with Gasteiger partial charge in [-0.1, -0.05) is 29.3 Å². The highest BCUT2D eigenvalue weighted by Crippen LogP contribution is 2.20. The van der Waals surface area contributed by atoms with Gasteiger partial charge < -0.3 is 10.6 Å². The second kappa shape index (κ2) is 8.59. The molecule has 25 heavy (non-hydrogen) atoms. The fourth-order valence-corrected chi connectivity index (χ4v) is 3.22. The quantitative estimate of drug-likeness (QED) is 0.613. The molecule has 1 unspecified atom stereocenters. The first-order valence-corrected chi connectivity index (χ1v) is 8.97. The molecule has 7 heteroatoms. The average molecular weight is 382 g/mol. The lowest BCUT2D eigenvalue weighted by molar-refractivity contribution is 0.635. The summed E-state index contributed by atoms with van der Waals surface area (Å²) in [5.41, 5.74) is 4.52. The molecule has 0 aliphatic rings. The summed E-state index contributed by atoms with van der Waals surface area (Å²) < 4.78 is 1.92. The largest absolute Gasteiger partial charge is 0.354 e. The van der Waals surface area contributed by atoms with E-state index < -0.39 is 0 Å². The smallest absolute Gasteiger partial charge is 0.191 e. The van der Waals surface area contributed by atoms with Crippen LogP contribution in [0.1, 0.15) is 29.4 Å². The van der Waals surface area contributed by atoms with Crippen molar-refractivity contribution < 1.29 is 0 Å². The van der Waals surface area contributed by atoms with Crippen LogP contribution in [0, 0.1) is 13.8 Å². The summed E-state index contributed by atoms with van der Waals surface area (Å²) in [4.78, 5) is 4.29. The van der Waals surface area contributed by atoms with Crippen LogP contribution in [0.2, 0.25) is 10.0 Å². The lowest BCUT2D eigenvalue weighted by atomic mass is 10.1. The number of halogens is 2.